The van der Waals surface area contributed by atoms with Gasteiger partial charge in [-0.3, -0.25) is 18.8 Å². The number of aromatic amines is 1. The number of fused-ring (bicyclic) bond motifs is 2. The summed E-state index contributed by atoms with van der Waals surface area (Å²) < 4.78 is 37.3. The number of aryl methyl sites for hydroxylation is 1. The van der Waals surface area contributed by atoms with Crippen LogP contribution in [0.3, 0.4) is 0 Å². The molecule has 3 N–H and O–H groups in total. The van der Waals surface area contributed by atoms with Gasteiger partial charge in [-0.15, -0.1) is 0 Å². The summed E-state index contributed by atoms with van der Waals surface area (Å²) in [7, 11) is -3.72. The monoisotopic (exact) mass is 446 g/mol. The molecule has 2 unspecified atom stereocenters. The minimum absolute atomic E-state index is 0.0447. The highest BCUT2D eigenvalue weighted by Gasteiger charge is 2.41. The van der Waals surface area contributed by atoms with Crippen molar-refractivity contribution in [2.75, 3.05) is 12.3 Å². The van der Waals surface area contributed by atoms with Crippen LogP contribution < -0.4 is 15.8 Å². The third-order valence-electron chi connectivity index (χ3n) is 5.70. The second-order valence-electron chi connectivity index (χ2n) is 8.00. The molecule has 5 rings (SSSR count). The molecule has 1 aromatic carbocycles. The Kier molecular flexibility index (Phi) is 4.71. The predicted octanol–water partition coefficient (Wildman–Crippen LogP) is 3.20. The van der Waals surface area contributed by atoms with Crippen molar-refractivity contribution in [3.63, 3.8) is 0 Å². The maximum atomic E-state index is 12.8. The summed E-state index contributed by atoms with van der Waals surface area (Å²) in [4.78, 5) is 19.1. The lowest BCUT2D eigenvalue weighted by Gasteiger charge is -2.28. The van der Waals surface area contributed by atoms with E-state index < -0.39 is 13.5 Å². The van der Waals surface area contributed by atoms with Crippen molar-refractivity contribution in [1.82, 2.24) is 14.5 Å². The number of nitrogens with zero attached hydrogens (tertiary/aromatic N) is 2. The molecule has 0 aliphatic carbocycles. The van der Waals surface area contributed by atoms with E-state index in [1.54, 1.807) is 12.1 Å². The van der Waals surface area contributed by atoms with Crippen LogP contribution >= 0.6 is 7.82 Å². The number of H-pyrrole nitrogens is 1. The van der Waals surface area contributed by atoms with E-state index in [-0.39, 0.29) is 30.8 Å². The van der Waals surface area contributed by atoms with E-state index in [1.807, 2.05) is 36.7 Å². The summed E-state index contributed by atoms with van der Waals surface area (Å²) in [6.07, 6.45) is 2.80. The Bertz CT molecular complexity index is 1270. The highest BCUT2D eigenvalue weighted by Crippen LogP contribution is 2.54. The SMILES string of the molecule is Cc1cn([C@@]2(C)CCC(COP3(=O)OCc4ccccc4O3)O2)c2nc(N)[nH]c(=O)c12. The zero-order valence-corrected chi connectivity index (χ0v) is 18.1. The molecule has 31 heavy (non-hydrogen) atoms. The number of benzene rings is 1. The molecule has 2 aromatic heterocycles. The van der Waals surface area contributed by atoms with Crippen LogP contribution in [0.25, 0.3) is 11.0 Å². The fraction of sp³-hybridized carbons (Fsp3) is 0.400. The average Bonchev–Trinajstić information content (AvgIpc) is 3.27. The molecule has 10 nitrogen and oxygen atoms in total. The highest BCUT2D eigenvalue weighted by atomic mass is 31.2. The summed E-state index contributed by atoms with van der Waals surface area (Å²) in [6.45, 7) is 3.96. The molecule has 3 atom stereocenters. The van der Waals surface area contributed by atoms with Crippen LogP contribution in [0, 0.1) is 6.92 Å². The van der Waals surface area contributed by atoms with Gasteiger partial charge in [0.25, 0.3) is 5.56 Å². The number of phosphoric ester groups is 1. The number of rotatable bonds is 4. The molecule has 4 heterocycles. The molecule has 0 amide bonds. The molecular formula is C20H23N4O6P. The third kappa shape index (κ3) is 3.55. The van der Waals surface area contributed by atoms with E-state index in [0.29, 0.717) is 29.6 Å². The van der Waals surface area contributed by atoms with Crippen molar-refractivity contribution in [1.29, 1.82) is 0 Å². The fourth-order valence-electron chi connectivity index (χ4n) is 4.13. The van der Waals surface area contributed by atoms with Gasteiger partial charge in [0.15, 0.2) is 5.65 Å². The molecule has 2 aliphatic heterocycles. The summed E-state index contributed by atoms with van der Waals surface area (Å²) in [5.74, 6) is 0.542. The molecule has 164 valence electrons. The molecule has 0 saturated carbocycles. The average molecular weight is 446 g/mol. The van der Waals surface area contributed by atoms with Crippen molar-refractivity contribution in [2.24, 2.45) is 0 Å². The number of para-hydroxylation sites is 1. The molecule has 2 aliphatic rings. The first kappa shape index (κ1) is 20.3. The van der Waals surface area contributed by atoms with Gasteiger partial charge >= 0.3 is 7.82 Å². The summed E-state index contributed by atoms with van der Waals surface area (Å²) in [5, 5.41) is 0.478. The Morgan fingerprint density at radius 3 is 3.06 bits per heavy atom. The molecule has 11 heteroatoms. The zero-order chi connectivity index (χ0) is 21.8. The normalized spacial score (nSPS) is 27.9. The van der Waals surface area contributed by atoms with Crippen molar-refractivity contribution in [3.05, 3.63) is 51.9 Å². The van der Waals surface area contributed by atoms with Crippen LogP contribution in [0.5, 0.6) is 5.75 Å². The number of hydrogen-bond acceptors (Lipinski definition) is 8. The largest absolute Gasteiger partial charge is 0.530 e. The van der Waals surface area contributed by atoms with E-state index in [1.165, 1.54) is 0 Å². The number of hydrogen-bond donors (Lipinski definition) is 2. The number of phosphoric acid groups is 1. The van der Waals surface area contributed by atoms with Crippen LogP contribution in [0.4, 0.5) is 5.95 Å². The standard InChI is InChI=1S/C20H23N4O6P/c1-12-9-24(17-16(12)18(25)23-19(21)22-17)20(2)8-7-14(29-20)11-28-31(26)27-10-13-5-3-4-6-15(13)30-31/h3-6,9,14H,7-8,10-11H2,1-2H3,(H3,21,22,23,25)/t14?,20-,31?/m1/s1. The Morgan fingerprint density at radius 2 is 2.23 bits per heavy atom. The van der Waals surface area contributed by atoms with Crippen LogP contribution in [-0.2, 0) is 30.7 Å². The third-order valence-corrected chi connectivity index (χ3v) is 7.03. The molecule has 1 fully saturated rings. The number of nitrogens with two attached hydrogens (primary N) is 1. The fourth-order valence-corrected chi connectivity index (χ4v) is 5.38. The Hall–Kier alpha value is -2.65. The first-order valence-electron chi connectivity index (χ1n) is 9.99. The van der Waals surface area contributed by atoms with Gasteiger partial charge in [0.1, 0.15) is 11.5 Å². The summed E-state index contributed by atoms with van der Waals surface area (Å²) >= 11 is 0. The number of aromatic nitrogens is 3. The van der Waals surface area contributed by atoms with Crippen LogP contribution in [0.15, 0.2) is 35.3 Å². The minimum atomic E-state index is -3.72. The first-order valence-corrected chi connectivity index (χ1v) is 11.4. The van der Waals surface area contributed by atoms with E-state index in [0.717, 1.165) is 11.1 Å². The van der Waals surface area contributed by atoms with Gasteiger partial charge < -0.3 is 19.6 Å². The maximum absolute atomic E-state index is 12.8. The topological polar surface area (TPSA) is 131 Å². The lowest BCUT2D eigenvalue weighted by molar-refractivity contribution is -0.0949. The van der Waals surface area contributed by atoms with E-state index in [2.05, 4.69) is 9.97 Å². The minimum Gasteiger partial charge on any atom is -0.404 e. The number of anilines is 1. The second kappa shape index (κ2) is 7.20. The van der Waals surface area contributed by atoms with E-state index >= 15 is 0 Å². The van der Waals surface area contributed by atoms with E-state index in [4.69, 9.17) is 24.0 Å². The number of nitrogen functional groups attached to an aromatic ring is 1. The van der Waals surface area contributed by atoms with Gasteiger partial charge in [0.05, 0.1) is 24.7 Å². The molecule has 0 bridgehead atoms. The molecule has 0 spiro atoms. The quantitative estimate of drug-likeness (QED) is 0.584. The lowest BCUT2D eigenvalue weighted by Crippen LogP contribution is -2.31. The van der Waals surface area contributed by atoms with Crippen LogP contribution in [0.1, 0.15) is 30.9 Å². The number of ether oxygens (including phenoxy) is 1. The van der Waals surface area contributed by atoms with Gasteiger partial charge in [0.2, 0.25) is 5.95 Å². The van der Waals surface area contributed by atoms with Gasteiger partial charge in [-0.1, -0.05) is 18.2 Å². The molecule has 0 radical (unpaired) electrons. The van der Waals surface area contributed by atoms with Crippen molar-refractivity contribution in [2.45, 2.75) is 45.1 Å². The predicted molar refractivity (Wildman–Crippen MR) is 113 cm³/mol. The lowest BCUT2D eigenvalue weighted by atomic mass is 10.1. The summed E-state index contributed by atoms with van der Waals surface area (Å²) in [6, 6.07) is 7.24. The van der Waals surface area contributed by atoms with E-state index in [9.17, 15) is 9.36 Å². The van der Waals surface area contributed by atoms with Gasteiger partial charge in [-0.25, -0.2) is 4.57 Å². The molecular weight excluding hydrogens is 423 g/mol. The smallest absolute Gasteiger partial charge is 0.404 e. The van der Waals surface area contributed by atoms with Gasteiger partial charge in [0, 0.05) is 11.8 Å². The Morgan fingerprint density at radius 1 is 1.42 bits per heavy atom. The molecule has 3 aromatic rings. The zero-order valence-electron chi connectivity index (χ0n) is 17.2. The highest BCUT2D eigenvalue weighted by molar-refractivity contribution is 7.49. The second-order valence-corrected chi connectivity index (χ2v) is 9.59. The van der Waals surface area contributed by atoms with Crippen molar-refractivity contribution >= 4 is 24.8 Å². The Labute approximate surface area is 177 Å². The van der Waals surface area contributed by atoms with Gasteiger partial charge in [-0.05, 0) is 38.3 Å². The number of nitrogens with one attached hydrogen (secondary N) is 1. The molecule has 1 saturated heterocycles. The maximum Gasteiger partial charge on any atom is 0.530 e. The van der Waals surface area contributed by atoms with Crippen molar-refractivity contribution in [3.8, 4) is 5.75 Å². The van der Waals surface area contributed by atoms with Crippen LogP contribution in [-0.4, -0.2) is 27.2 Å². The first-order chi connectivity index (χ1) is 14.8. The van der Waals surface area contributed by atoms with Crippen molar-refractivity contribution < 1.29 is 22.9 Å². The van der Waals surface area contributed by atoms with Gasteiger partial charge in [-0.2, -0.15) is 4.98 Å². The summed E-state index contributed by atoms with van der Waals surface area (Å²) in [5.41, 5.74) is 6.76. The van der Waals surface area contributed by atoms with Crippen LogP contribution in [0.2, 0.25) is 0 Å². The Balaban J connectivity index is 1.32.